The van der Waals surface area contributed by atoms with Gasteiger partial charge in [-0.25, -0.2) is 9.97 Å². The molecule has 2 aromatic heterocycles. The second kappa shape index (κ2) is 4.53. The number of rotatable bonds is 3. The fraction of sp³-hybridized carbons (Fsp3) is 0.462. The number of aliphatic hydroxyl groups excluding tert-OH is 1. The van der Waals surface area contributed by atoms with Crippen LogP contribution in [0.3, 0.4) is 0 Å². The van der Waals surface area contributed by atoms with E-state index in [0.717, 1.165) is 5.39 Å². The van der Waals surface area contributed by atoms with Crippen LogP contribution in [0.2, 0.25) is 0 Å². The van der Waals surface area contributed by atoms with Crippen LogP contribution in [0.25, 0.3) is 11.0 Å². The number of nitrogens with zero attached hydrogens (tertiary/aromatic N) is 3. The molecule has 1 aliphatic rings. The second-order valence-electron chi connectivity index (χ2n) is 5.16. The molecule has 0 radical (unpaired) electrons. The van der Waals surface area contributed by atoms with Gasteiger partial charge in [-0.05, 0) is 18.4 Å². The van der Waals surface area contributed by atoms with Crippen LogP contribution in [-0.4, -0.2) is 38.1 Å². The topological polar surface area (TPSA) is 103 Å². The summed E-state index contributed by atoms with van der Waals surface area (Å²) in [6.07, 6.45) is 4.16. The maximum Gasteiger partial charge on any atom is 0.154 e. The fourth-order valence-corrected chi connectivity index (χ4v) is 2.69. The molecule has 0 spiro atoms. The lowest BCUT2D eigenvalue weighted by Crippen LogP contribution is -2.40. The van der Waals surface area contributed by atoms with Crippen LogP contribution in [0.5, 0.6) is 0 Å². The van der Waals surface area contributed by atoms with E-state index in [-0.39, 0.29) is 18.8 Å². The van der Waals surface area contributed by atoms with E-state index < -0.39 is 5.60 Å². The van der Waals surface area contributed by atoms with Crippen LogP contribution in [-0.2, 0) is 9.53 Å². The quantitative estimate of drug-likeness (QED) is 0.791. The lowest BCUT2D eigenvalue weighted by atomic mass is 9.91. The van der Waals surface area contributed by atoms with Crippen LogP contribution in [0.1, 0.15) is 19.6 Å². The molecule has 0 bridgehead atoms. The Morgan fingerprint density at radius 1 is 1.65 bits per heavy atom. The van der Waals surface area contributed by atoms with Crippen LogP contribution in [0.4, 0.5) is 5.82 Å². The van der Waals surface area contributed by atoms with Crippen molar-refractivity contribution in [2.24, 2.45) is 5.92 Å². The molecule has 20 heavy (non-hydrogen) atoms. The molecule has 0 unspecified atom stereocenters. The summed E-state index contributed by atoms with van der Waals surface area (Å²) in [4.78, 5) is 19.4. The Labute approximate surface area is 115 Å². The predicted molar refractivity (Wildman–Crippen MR) is 71.7 cm³/mol. The first-order valence-electron chi connectivity index (χ1n) is 6.43. The van der Waals surface area contributed by atoms with Crippen molar-refractivity contribution in [3.8, 4) is 0 Å². The molecule has 7 heteroatoms. The first-order valence-corrected chi connectivity index (χ1v) is 6.43. The van der Waals surface area contributed by atoms with E-state index in [1.54, 1.807) is 0 Å². The molecule has 0 amide bonds. The van der Waals surface area contributed by atoms with Crippen LogP contribution >= 0.6 is 0 Å². The minimum Gasteiger partial charge on any atom is -0.393 e. The van der Waals surface area contributed by atoms with E-state index in [0.29, 0.717) is 24.2 Å². The Hall–Kier alpha value is -1.99. The number of fused-ring (bicyclic) bond motifs is 1. The van der Waals surface area contributed by atoms with Crippen LogP contribution in [0.15, 0.2) is 18.6 Å². The number of nitrogens with two attached hydrogens (primary N) is 1. The average Bonchev–Trinajstić information content (AvgIpc) is 3.01. The molecule has 3 rings (SSSR count). The number of aliphatic hydroxyl groups is 1. The molecule has 0 aromatic carbocycles. The van der Waals surface area contributed by atoms with Gasteiger partial charge in [0.1, 0.15) is 24.0 Å². The summed E-state index contributed by atoms with van der Waals surface area (Å²) >= 11 is 0. The average molecular weight is 276 g/mol. The molecule has 2 aromatic rings. The van der Waals surface area contributed by atoms with E-state index in [9.17, 15) is 9.90 Å². The Kier molecular flexibility index (Phi) is 2.95. The molecule has 3 N–H and O–H groups in total. The van der Waals surface area contributed by atoms with Crippen molar-refractivity contribution in [3.63, 3.8) is 0 Å². The molecule has 3 heterocycles. The lowest BCUT2D eigenvalue weighted by molar-refractivity contribution is -0.144. The van der Waals surface area contributed by atoms with Crippen molar-refractivity contribution in [2.75, 3.05) is 12.3 Å². The molecular formula is C13H16N4O3. The highest BCUT2D eigenvalue weighted by Crippen LogP contribution is 2.41. The van der Waals surface area contributed by atoms with Gasteiger partial charge in [0.2, 0.25) is 0 Å². The SMILES string of the molecule is C[C@H]1C[C@H](n2ccc3c(N)ncnc32)O[C@]1(C=O)CO. The van der Waals surface area contributed by atoms with Gasteiger partial charge in [0.15, 0.2) is 11.9 Å². The van der Waals surface area contributed by atoms with Gasteiger partial charge in [0.25, 0.3) is 0 Å². The van der Waals surface area contributed by atoms with E-state index in [1.807, 2.05) is 23.8 Å². The normalized spacial score (nSPS) is 29.9. The Balaban J connectivity index is 2.01. The van der Waals surface area contributed by atoms with Crippen LogP contribution in [0, 0.1) is 5.92 Å². The van der Waals surface area contributed by atoms with E-state index >= 15 is 0 Å². The molecule has 1 fully saturated rings. The smallest absolute Gasteiger partial charge is 0.154 e. The zero-order valence-electron chi connectivity index (χ0n) is 11.1. The Morgan fingerprint density at radius 3 is 3.10 bits per heavy atom. The van der Waals surface area contributed by atoms with Crippen molar-refractivity contribution < 1.29 is 14.6 Å². The molecule has 3 atom stereocenters. The van der Waals surface area contributed by atoms with Gasteiger partial charge in [0.05, 0.1) is 12.0 Å². The van der Waals surface area contributed by atoms with E-state index in [1.165, 1.54) is 6.33 Å². The monoisotopic (exact) mass is 276 g/mol. The predicted octanol–water partition coefficient (Wildman–Crippen LogP) is 0.498. The number of carbonyl (C=O) groups excluding carboxylic acids is 1. The van der Waals surface area contributed by atoms with Gasteiger partial charge < -0.3 is 24.9 Å². The fourth-order valence-electron chi connectivity index (χ4n) is 2.69. The summed E-state index contributed by atoms with van der Waals surface area (Å²) < 4.78 is 7.62. The second-order valence-corrected chi connectivity index (χ2v) is 5.16. The molecule has 0 saturated carbocycles. The number of aromatic nitrogens is 3. The summed E-state index contributed by atoms with van der Waals surface area (Å²) in [5, 5.41) is 10.2. The highest BCUT2D eigenvalue weighted by Gasteiger charge is 2.47. The van der Waals surface area contributed by atoms with Crippen molar-refractivity contribution >= 4 is 23.1 Å². The van der Waals surface area contributed by atoms with Crippen molar-refractivity contribution in [2.45, 2.75) is 25.2 Å². The highest BCUT2D eigenvalue weighted by atomic mass is 16.5. The summed E-state index contributed by atoms with van der Waals surface area (Å²) in [6.45, 7) is 1.56. The summed E-state index contributed by atoms with van der Waals surface area (Å²) in [7, 11) is 0. The summed E-state index contributed by atoms with van der Waals surface area (Å²) in [5.41, 5.74) is 5.32. The molecular weight excluding hydrogens is 260 g/mol. The minimum absolute atomic E-state index is 0.0772. The molecule has 7 nitrogen and oxygen atoms in total. The van der Waals surface area contributed by atoms with E-state index in [2.05, 4.69) is 9.97 Å². The number of ether oxygens (including phenoxy) is 1. The first kappa shape index (κ1) is 13.0. The molecule has 0 aliphatic carbocycles. The maximum atomic E-state index is 11.3. The summed E-state index contributed by atoms with van der Waals surface area (Å²) in [5.74, 6) is 0.329. The van der Waals surface area contributed by atoms with Gasteiger partial charge in [-0.1, -0.05) is 6.92 Å². The third-order valence-electron chi connectivity index (χ3n) is 4.04. The minimum atomic E-state index is -1.14. The van der Waals surface area contributed by atoms with Crippen molar-refractivity contribution in [1.29, 1.82) is 0 Å². The molecule has 1 saturated heterocycles. The van der Waals surface area contributed by atoms with Gasteiger partial charge >= 0.3 is 0 Å². The van der Waals surface area contributed by atoms with Gasteiger partial charge in [-0.15, -0.1) is 0 Å². The standard InChI is InChI=1S/C13H16N4O3/c1-8-4-10(20-13(8,5-18)6-19)17-3-2-9-11(14)15-7-16-12(9)17/h2-3,5,7-8,10,19H,4,6H2,1H3,(H2,14,15,16)/t8-,10+,13+/m0/s1. The first-order chi connectivity index (χ1) is 9.61. The molecule has 1 aliphatic heterocycles. The van der Waals surface area contributed by atoms with Gasteiger partial charge in [-0.2, -0.15) is 0 Å². The zero-order valence-corrected chi connectivity index (χ0v) is 11.1. The van der Waals surface area contributed by atoms with E-state index in [4.69, 9.17) is 10.5 Å². The number of carbonyl (C=O) groups is 1. The largest absolute Gasteiger partial charge is 0.393 e. The number of hydrogen-bond acceptors (Lipinski definition) is 6. The third kappa shape index (κ3) is 1.70. The number of aldehydes is 1. The van der Waals surface area contributed by atoms with Crippen molar-refractivity contribution in [3.05, 3.63) is 18.6 Å². The molecule has 106 valence electrons. The summed E-state index contributed by atoms with van der Waals surface area (Å²) in [6, 6.07) is 1.82. The van der Waals surface area contributed by atoms with Crippen molar-refractivity contribution in [1.82, 2.24) is 14.5 Å². The van der Waals surface area contributed by atoms with Crippen LogP contribution < -0.4 is 5.73 Å². The number of nitrogen functional groups attached to an aromatic ring is 1. The zero-order chi connectivity index (χ0) is 14.3. The number of hydrogen-bond donors (Lipinski definition) is 2. The maximum absolute atomic E-state index is 11.3. The Morgan fingerprint density at radius 2 is 2.45 bits per heavy atom. The number of anilines is 1. The highest BCUT2D eigenvalue weighted by molar-refractivity contribution is 5.86. The Bertz CT molecular complexity index is 656. The third-order valence-corrected chi connectivity index (χ3v) is 4.04. The van der Waals surface area contributed by atoms with Gasteiger partial charge in [0, 0.05) is 6.20 Å². The lowest BCUT2D eigenvalue weighted by Gasteiger charge is -2.24. The van der Waals surface area contributed by atoms with Gasteiger partial charge in [-0.3, -0.25) is 0 Å².